The Kier molecular flexibility index (Phi) is 7.23. The molecule has 0 aliphatic carbocycles. The van der Waals surface area contributed by atoms with Crippen LogP contribution in [0.2, 0.25) is 0 Å². The lowest BCUT2D eigenvalue weighted by molar-refractivity contribution is 0.209. The predicted molar refractivity (Wildman–Crippen MR) is 169 cm³/mol. The van der Waals surface area contributed by atoms with Crippen LogP contribution in [0.3, 0.4) is 0 Å². The Bertz CT molecular complexity index is 1680. The maximum atomic E-state index is 10.8. The highest BCUT2D eigenvalue weighted by molar-refractivity contribution is 5.92. The Hall–Kier alpha value is -4.08. The number of carbonyl (C=O) groups excluding carboxylic acids is 1. The third-order valence-electron chi connectivity index (χ3n) is 9.35. The van der Waals surface area contributed by atoms with Crippen LogP contribution in [0.25, 0.3) is 16.6 Å². The van der Waals surface area contributed by atoms with E-state index in [9.17, 15) is 4.79 Å². The van der Waals surface area contributed by atoms with Gasteiger partial charge in [-0.3, -0.25) is 0 Å². The van der Waals surface area contributed by atoms with Gasteiger partial charge in [0.2, 0.25) is 6.08 Å². The molecule has 7 rings (SSSR count). The van der Waals surface area contributed by atoms with E-state index in [2.05, 4.69) is 78.7 Å². The summed E-state index contributed by atoms with van der Waals surface area (Å²) in [4.78, 5) is 36.4. The van der Waals surface area contributed by atoms with E-state index in [4.69, 9.17) is 15.1 Å². The number of benzene rings is 1. The molecule has 1 aromatic carbocycles. The largest absolute Gasteiger partial charge is 0.355 e. The molecule has 3 aliphatic rings. The van der Waals surface area contributed by atoms with Crippen LogP contribution in [0.1, 0.15) is 56.8 Å². The predicted octanol–water partition coefficient (Wildman–Crippen LogP) is 4.06. The van der Waals surface area contributed by atoms with Crippen molar-refractivity contribution in [3.63, 3.8) is 0 Å². The number of fused-ring (bicyclic) bond motifs is 2. The van der Waals surface area contributed by atoms with Crippen LogP contribution in [-0.4, -0.2) is 82.5 Å². The first kappa shape index (κ1) is 27.7. The van der Waals surface area contributed by atoms with Gasteiger partial charge in [0, 0.05) is 68.7 Å². The first-order valence-corrected chi connectivity index (χ1v) is 15.6. The zero-order valence-corrected chi connectivity index (χ0v) is 25.3. The van der Waals surface area contributed by atoms with Crippen molar-refractivity contribution in [2.75, 3.05) is 60.5 Å². The molecule has 3 aliphatic heterocycles. The van der Waals surface area contributed by atoms with Gasteiger partial charge in [0.25, 0.3) is 0 Å². The average Bonchev–Trinajstić information content (AvgIpc) is 3.44. The Labute approximate surface area is 252 Å². The van der Waals surface area contributed by atoms with Crippen LogP contribution in [0.15, 0.2) is 41.7 Å². The Morgan fingerprint density at radius 1 is 1.12 bits per heavy atom. The second kappa shape index (κ2) is 11.2. The van der Waals surface area contributed by atoms with Gasteiger partial charge >= 0.3 is 0 Å². The molecule has 2 unspecified atom stereocenters. The zero-order chi connectivity index (χ0) is 29.6. The minimum Gasteiger partial charge on any atom is -0.355 e. The molecule has 3 saturated heterocycles. The summed E-state index contributed by atoms with van der Waals surface area (Å²) in [5, 5.41) is 9.86. The minimum atomic E-state index is -0.0249. The molecular formula is C32H40N10O. The molecular weight excluding hydrogens is 540 g/mol. The number of hydrogen-bond donors (Lipinski definition) is 1. The number of hydrogen-bond acceptors (Lipinski definition) is 10. The van der Waals surface area contributed by atoms with Crippen molar-refractivity contribution in [1.82, 2.24) is 29.9 Å². The Morgan fingerprint density at radius 3 is 2.77 bits per heavy atom. The summed E-state index contributed by atoms with van der Waals surface area (Å²) in [6.45, 7) is 12.8. The second-order valence-corrected chi connectivity index (χ2v) is 12.9. The van der Waals surface area contributed by atoms with E-state index in [0.29, 0.717) is 0 Å². The lowest BCUT2D eigenvalue weighted by Crippen LogP contribution is -2.56. The van der Waals surface area contributed by atoms with Gasteiger partial charge in [-0.2, -0.15) is 9.61 Å². The van der Waals surface area contributed by atoms with Crippen LogP contribution in [-0.2, 0) is 4.79 Å². The lowest BCUT2D eigenvalue weighted by atomic mass is 9.77. The van der Waals surface area contributed by atoms with Gasteiger partial charge in [0.1, 0.15) is 23.8 Å². The summed E-state index contributed by atoms with van der Waals surface area (Å²) >= 11 is 0. The number of anilines is 3. The first-order chi connectivity index (χ1) is 20.9. The van der Waals surface area contributed by atoms with E-state index in [1.54, 1.807) is 12.4 Å². The number of nitrogens with one attached hydrogen (secondary N) is 1. The fraction of sp³-hybridized carbons (Fsp3) is 0.531. The van der Waals surface area contributed by atoms with E-state index in [0.717, 1.165) is 111 Å². The third-order valence-corrected chi connectivity index (χ3v) is 9.35. The van der Waals surface area contributed by atoms with Crippen LogP contribution in [0, 0.1) is 12.3 Å². The normalized spacial score (nSPS) is 21.1. The van der Waals surface area contributed by atoms with Gasteiger partial charge < -0.3 is 20.0 Å². The number of nitrogens with zero attached hydrogens (tertiary/aromatic N) is 9. The number of rotatable bonds is 7. The number of piperazine rings is 1. The SMILES string of the molecule is Cc1cccc2ncnc(N3CCCCC3c3cc4nc(N5CC(C)(CC(C)N=C=O)C5)cc(N5CCNCC5)n4n3)c12. The monoisotopic (exact) mass is 580 g/mol. The van der Waals surface area contributed by atoms with Crippen molar-refractivity contribution in [3.05, 3.63) is 47.9 Å². The lowest BCUT2D eigenvalue weighted by Gasteiger charge is -2.49. The number of aryl methyl sites for hydroxylation is 1. The van der Waals surface area contributed by atoms with Crippen molar-refractivity contribution in [2.24, 2.45) is 10.4 Å². The zero-order valence-electron chi connectivity index (χ0n) is 25.3. The summed E-state index contributed by atoms with van der Waals surface area (Å²) < 4.78 is 2.06. The van der Waals surface area contributed by atoms with Crippen LogP contribution >= 0.6 is 0 Å². The molecule has 0 amide bonds. The first-order valence-electron chi connectivity index (χ1n) is 15.6. The van der Waals surface area contributed by atoms with Crippen molar-refractivity contribution in [1.29, 1.82) is 0 Å². The van der Waals surface area contributed by atoms with Crippen LogP contribution < -0.4 is 20.0 Å². The highest BCUT2D eigenvalue weighted by Crippen LogP contribution is 2.40. The minimum absolute atomic E-state index is 0.0249. The molecule has 3 fully saturated rings. The molecule has 0 saturated carbocycles. The summed E-state index contributed by atoms with van der Waals surface area (Å²) in [7, 11) is 0. The van der Waals surface area contributed by atoms with Gasteiger partial charge in [-0.1, -0.05) is 19.1 Å². The van der Waals surface area contributed by atoms with Gasteiger partial charge in [-0.25, -0.2) is 24.7 Å². The van der Waals surface area contributed by atoms with E-state index < -0.39 is 0 Å². The molecule has 11 heteroatoms. The molecule has 0 spiro atoms. The van der Waals surface area contributed by atoms with Gasteiger partial charge in [-0.05, 0) is 51.2 Å². The molecule has 6 heterocycles. The Morgan fingerprint density at radius 2 is 1.95 bits per heavy atom. The van der Waals surface area contributed by atoms with E-state index >= 15 is 0 Å². The molecule has 2 atom stereocenters. The molecule has 1 N–H and O–H groups in total. The fourth-order valence-electron chi connectivity index (χ4n) is 7.39. The van der Waals surface area contributed by atoms with Gasteiger partial charge in [0.05, 0.1) is 23.3 Å². The summed E-state index contributed by atoms with van der Waals surface area (Å²) in [6.07, 6.45) is 7.56. The van der Waals surface area contributed by atoms with Crippen molar-refractivity contribution in [3.8, 4) is 0 Å². The van der Waals surface area contributed by atoms with E-state index in [1.807, 2.05) is 6.92 Å². The highest BCUT2D eigenvalue weighted by Gasteiger charge is 2.41. The summed E-state index contributed by atoms with van der Waals surface area (Å²) in [5.74, 6) is 3.06. The number of aromatic nitrogens is 5. The number of aliphatic imine (C=N–C) groups is 1. The topological polar surface area (TPSA) is 107 Å². The van der Waals surface area contributed by atoms with Crippen molar-refractivity contribution in [2.45, 2.75) is 58.5 Å². The van der Waals surface area contributed by atoms with Crippen molar-refractivity contribution < 1.29 is 4.79 Å². The number of isocyanates is 1. The van der Waals surface area contributed by atoms with Crippen molar-refractivity contribution >= 4 is 40.1 Å². The number of piperidine rings is 1. The summed E-state index contributed by atoms with van der Waals surface area (Å²) in [6, 6.07) is 10.8. The maximum Gasteiger partial charge on any atom is 0.235 e. The molecule has 11 nitrogen and oxygen atoms in total. The molecule has 3 aromatic heterocycles. The third kappa shape index (κ3) is 5.21. The fourth-order valence-corrected chi connectivity index (χ4v) is 7.39. The Balaban J connectivity index is 1.26. The van der Waals surface area contributed by atoms with Crippen LogP contribution in [0.5, 0.6) is 0 Å². The maximum absolute atomic E-state index is 10.8. The molecule has 0 bridgehead atoms. The highest BCUT2D eigenvalue weighted by atomic mass is 16.1. The van der Waals surface area contributed by atoms with Gasteiger partial charge in [-0.15, -0.1) is 0 Å². The summed E-state index contributed by atoms with van der Waals surface area (Å²) in [5.41, 5.74) is 4.17. The molecule has 0 radical (unpaired) electrons. The molecule has 4 aromatic rings. The molecule has 43 heavy (non-hydrogen) atoms. The second-order valence-electron chi connectivity index (χ2n) is 12.9. The smallest absolute Gasteiger partial charge is 0.235 e. The average molecular weight is 581 g/mol. The standard InChI is InChI=1S/C32H40N10O/c1-22-7-6-8-24-30(22)31(35-20-34-24)41-12-5-4-9-26(41)25-15-28-37-27(40-18-32(3,19-40)17-23(2)36-21-43)16-29(42(28)38-25)39-13-10-33-11-14-39/h6-8,15-16,20,23,26,33H,4-5,9-14,17-19H2,1-3H3. The molecule has 224 valence electrons. The van der Waals surface area contributed by atoms with Crippen LogP contribution in [0.4, 0.5) is 17.5 Å². The van der Waals surface area contributed by atoms with Gasteiger partial charge in [0.15, 0.2) is 5.65 Å². The quantitative estimate of drug-likeness (QED) is 0.256. The van der Waals surface area contributed by atoms with E-state index in [1.165, 1.54) is 5.56 Å². The van der Waals surface area contributed by atoms with E-state index in [-0.39, 0.29) is 17.5 Å².